The monoisotopic (exact) mass is 456 g/mol. The summed E-state index contributed by atoms with van der Waals surface area (Å²) in [6.45, 7) is 4.59. The Morgan fingerprint density at radius 3 is 2.76 bits per heavy atom. The van der Waals surface area contributed by atoms with Crippen molar-refractivity contribution in [2.75, 3.05) is 7.11 Å². The maximum Gasteiger partial charge on any atom is 0.226 e. The summed E-state index contributed by atoms with van der Waals surface area (Å²) in [6.07, 6.45) is 3.63. The van der Waals surface area contributed by atoms with Gasteiger partial charge in [0.25, 0.3) is 0 Å². The van der Waals surface area contributed by atoms with Crippen LogP contribution in [0.4, 0.5) is 0 Å². The zero-order chi connectivity index (χ0) is 22.8. The number of hydrogen-bond donors (Lipinski definition) is 0. The highest BCUT2D eigenvalue weighted by atomic mass is 32.2. The fourth-order valence-corrected chi connectivity index (χ4v) is 4.70. The lowest BCUT2D eigenvalue weighted by molar-refractivity contribution is 0.414. The van der Waals surface area contributed by atoms with Crippen LogP contribution in [0.5, 0.6) is 5.75 Å². The molecule has 0 saturated heterocycles. The molecule has 0 N–H and O–H groups in total. The molecule has 5 aromatic rings. The van der Waals surface area contributed by atoms with Crippen molar-refractivity contribution >= 4 is 22.8 Å². The fourth-order valence-electron chi connectivity index (χ4n) is 3.75. The van der Waals surface area contributed by atoms with Crippen LogP contribution in [0, 0.1) is 13.8 Å². The van der Waals surface area contributed by atoms with Gasteiger partial charge in [-0.25, -0.2) is 9.97 Å². The predicted octanol–water partition coefficient (Wildman–Crippen LogP) is 6.05. The van der Waals surface area contributed by atoms with Gasteiger partial charge in [0.2, 0.25) is 5.89 Å². The number of methoxy groups -OCH3 is 1. The van der Waals surface area contributed by atoms with E-state index in [-0.39, 0.29) is 0 Å². The molecule has 5 rings (SSSR count). The van der Waals surface area contributed by atoms with Crippen molar-refractivity contribution in [3.8, 4) is 17.2 Å². The van der Waals surface area contributed by atoms with Crippen LogP contribution >= 0.6 is 11.8 Å². The van der Waals surface area contributed by atoms with Crippen LogP contribution in [0.2, 0.25) is 0 Å². The van der Waals surface area contributed by atoms with Gasteiger partial charge in [-0.05, 0) is 49.7 Å². The van der Waals surface area contributed by atoms with E-state index in [0.717, 1.165) is 44.7 Å². The SMILES string of the molecule is COc1cccc(CSc2nc3ccncc3n2Cc2nc(-c3cccc(C)c3)oc2C)c1. The average molecular weight is 457 g/mol. The molecule has 0 aliphatic rings. The number of nitrogens with zero attached hydrogens (tertiary/aromatic N) is 4. The summed E-state index contributed by atoms with van der Waals surface area (Å²) >= 11 is 1.69. The smallest absolute Gasteiger partial charge is 0.226 e. The molecular weight excluding hydrogens is 432 g/mol. The molecular formula is C26H24N4O2S. The first-order chi connectivity index (χ1) is 16.1. The molecule has 3 aromatic heterocycles. The van der Waals surface area contributed by atoms with Crippen LogP contribution in [-0.2, 0) is 12.3 Å². The van der Waals surface area contributed by atoms with Gasteiger partial charge in [0.05, 0.1) is 30.9 Å². The summed E-state index contributed by atoms with van der Waals surface area (Å²) in [6, 6.07) is 18.2. The van der Waals surface area contributed by atoms with Gasteiger partial charge in [-0.15, -0.1) is 0 Å². The summed E-state index contributed by atoms with van der Waals surface area (Å²) in [5, 5.41) is 0.917. The van der Waals surface area contributed by atoms with E-state index in [1.807, 2.05) is 43.5 Å². The van der Waals surface area contributed by atoms with E-state index in [2.05, 4.69) is 40.7 Å². The third-order valence-electron chi connectivity index (χ3n) is 5.48. The minimum Gasteiger partial charge on any atom is -0.497 e. The Morgan fingerprint density at radius 2 is 1.91 bits per heavy atom. The highest BCUT2D eigenvalue weighted by molar-refractivity contribution is 7.98. The number of benzene rings is 2. The molecule has 166 valence electrons. The van der Waals surface area contributed by atoms with Gasteiger partial charge in [0, 0.05) is 17.5 Å². The van der Waals surface area contributed by atoms with Crippen molar-refractivity contribution in [2.45, 2.75) is 31.3 Å². The Hall–Kier alpha value is -3.58. The standard InChI is InChI=1S/C26H24N4O2S/c1-17-6-4-8-20(12-17)25-28-23(18(2)32-25)15-30-24-14-27-11-10-22(24)29-26(30)33-16-19-7-5-9-21(13-19)31-3/h4-14H,15-16H2,1-3H3. The minimum atomic E-state index is 0.559. The molecule has 0 amide bonds. The molecule has 0 unspecified atom stereocenters. The number of imidazole rings is 1. The molecule has 0 atom stereocenters. The molecule has 2 aromatic carbocycles. The van der Waals surface area contributed by atoms with Crippen molar-refractivity contribution in [3.05, 3.63) is 89.6 Å². The third-order valence-corrected chi connectivity index (χ3v) is 6.53. The maximum atomic E-state index is 6.03. The molecule has 6 nitrogen and oxygen atoms in total. The van der Waals surface area contributed by atoms with Gasteiger partial charge < -0.3 is 13.7 Å². The van der Waals surface area contributed by atoms with Crippen molar-refractivity contribution < 1.29 is 9.15 Å². The van der Waals surface area contributed by atoms with E-state index in [0.29, 0.717) is 12.4 Å². The van der Waals surface area contributed by atoms with Gasteiger partial charge in [-0.3, -0.25) is 4.98 Å². The van der Waals surface area contributed by atoms with Crippen LogP contribution in [0.3, 0.4) is 0 Å². The number of fused-ring (bicyclic) bond motifs is 1. The van der Waals surface area contributed by atoms with E-state index in [4.69, 9.17) is 19.1 Å². The van der Waals surface area contributed by atoms with Crippen LogP contribution in [-0.4, -0.2) is 26.6 Å². The zero-order valence-electron chi connectivity index (χ0n) is 18.8. The second kappa shape index (κ2) is 9.11. The third kappa shape index (κ3) is 4.50. The quantitative estimate of drug-likeness (QED) is 0.278. The summed E-state index contributed by atoms with van der Waals surface area (Å²) in [5.41, 5.74) is 6.11. The zero-order valence-corrected chi connectivity index (χ0v) is 19.6. The van der Waals surface area contributed by atoms with E-state index in [9.17, 15) is 0 Å². The fraction of sp³-hybridized carbons (Fsp3) is 0.192. The number of oxazole rings is 1. The van der Waals surface area contributed by atoms with Crippen molar-refractivity contribution in [3.63, 3.8) is 0 Å². The minimum absolute atomic E-state index is 0.559. The second-order valence-electron chi connectivity index (χ2n) is 7.88. The topological polar surface area (TPSA) is 66.0 Å². The lowest BCUT2D eigenvalue weighted by Gasteiger charge is -2.08. The van der Waals surface area contributed by atoms with Crippen LogP contribution < -0.4 is 4.74 Å². The molecule has 0 fully saturated rings. The van der Waals surface area contributed by atoms with E-state index in [1.165, 1.54) is 11.1 Å². The average Bonchev–Trinajstić information content (AvgIpc) is 3.38. The molecule has 0 aliphatic carbocycles. The van der Waals surface area contributed by atoms with Crippen LogP contribution in [0.15, 0.2) is 76.6 Å². The first-order valence-electron chi connectivity index (χ1n) is 10.7. The van der Waals surface area contributed by atoms with Gasteiger partial charge in [0.1, 0.15) is 17.2 Å². The van der Waals surface area contributed by atoms with E-state index in [1.54, 1.807) is 25.1 Å². The second-order valence-corrected chi connectivity index (χ2v) is 8.82. The van der Waals surface area contributed by atoms with Crippen molar-refractivity contribution in [2.24, 2.45) is 0 Å². The number of aryl methyl sites for hydroxylation is 2. The van der Waals surface area contributed by atoms with Crippen molar-refractivity contribution in [1.29, 1.82) is 0 Å². The van der Waals surface area contributed by atoms with E-state index < -0.39 is 0 Å². The molecule has 0 aliphatic heterocycles. The van der Waals surface area contributed by atoms with Gasteiger partial charge >= 0.3 is 0 Å². The number of rotatable bonds is 7. The first-order valence-corrected chi connectivity index (χ1v) is 11.7. The summed E-state index contributed by atoms with van der Waals surface area (Å²) in [5.74, 6) is 3.08. The molecule has 7 heteroatoms. The number of aromatic nitrogens is 4. The Morgan fingerprint density at radius 1 is 1.03 bits per heavy atom. The molecule has 0 radical (unpaired) electrons. The lowest BCUT2D eigenvalue weighted by atomic mass is 10.1. The highest BCUT2D eigenvalue weighted by Crippen LogP contribution is 2.30. The molecule has 3 heterocycles. The van der Waals surface area contributed by atoms with Crippen molar-refractivity contribution in [1.82, 2.24) is 19.5 Å². The first kappa shape index (κ1) is 21.3. The Balaban J connectivity index is 1.46. The molecule has 0 bridgehead atoms. The Kier molecular flexibility index (Phi) is 5.88. The Labute approximate surface area is 196 Å². The molecule has 0 saturated carbocycles. The predicted molar refractivity (Wildman–Crippen MR) is 131 cm³/mol. The number of ether oxygens (including phenoxy) is 1. The number of hydrogen-bond acceptors (Lipinski definition) is 6. The largest absolute Gasteiger partial charge is 0.497 e. The molecule has 33 heavy (non-hydrogen) atoms. The summed E-state index contributed by atoms with van der Waals surface area (Å²) < 4.78 is 13.6. The lowest BCUT2D eigenvalue weighted by Crippen LogP contribution is -2.03. The van der Waals surface area contributed by atoms with Gasteiger partial charge in [0.15, 0.2) is 5.16 Å². The van der Waals surface area contributed by atoms with Crippen LogP contribution in [0.25, 0.3) is 22.5 Å². The number of pyridine rings is 1. The summed E-state index contributed by atoms with van der Waals surface area (Å²) in [4.78, 5) is 14.0. The van der Waals surface area contributed by atoms with Crippen LogP contribution in [0.1, 0.15) is 22.6 Å². The Bertz CT molecular complexity index is 1420. The maximum absolute atomic E-state index is 6.03. The normalized spacial score (nSPS) is 11.2. The highest BCUT2D eigenvalue weighted by Gasteiger charge is 2.17. The van der Waals surface area contributed by atoms with E-state index >= 15 is 0 Å². The summed E-state index contributed by atoms with van der Waals surface area (Å²) in [7, 11) is 1.68. The molecule has 0 spiro atoms. The van der Waals surface area contributed by atoms with Gasteiger partial charge in [-0.1, -0.05) is 41.6 Å². The number of thioether (sulfide) groups is 1. The van der Waals surface area contributed by atoms with Gasteiger partial charge in [-0.2, -0.15) is 0 Å².